The van der Waals surface area contributed by atoms with Crippen molar-refractivity contribution >= 4 is 43.7 Å². The van der Waals surface area contributed by atoms with Crippen LogP contribution in [0.3, 0.4) is 0 Å². The molecule has 0 unspecified atom stereocenters. The van der Waals surface area contributed by atoms with E-state index in [1.165, 1.54) is 12.1 Å². The van der Waals surface area contributed by atoms with E-state index in [2.05, 4.69) is 35.2 Å². The van der Waals surface area contributed by atoms with Crippen molar-refractivity contribution in [1.82, 2.24) is 34.9 Å². The third-order valence-corrected chi connectivity index (χ3v) is 7.58. The van der Waals surface area contributed by atoms with E-state index < -0.39 is 15.8 Å². The number of nitrogens with one attached hydrogen (secondary N) is 4. The molecule has 11 nitrogen and oxygen atoms in total. The van der Waals surface area contributed by atoms with Crippen molar-refractivity contribution in [1.29, 1.82) is 0 Å². The summed E-state index contributed by atoms with van der Waals surface area (Å²) in [6.45, 7) is 3.93. The summed E-state index contributed by atoms with van der Waals surface area (Å²) in [6, 6.07) is 13.7. The smallest absolute Gasteiger partial charge is 0.224 e. The molecule has 0 saturated carbocycles. The number of carbonyl (C=O) groups excluding carboxylic acids is 1. The average molecular weight is 613 g/mol. The van der Waals surface area contributed by atoms with Gasteiger partial charge in [0.25, 0.3) is 0 Å². The number of hydrogen-bond acceptors (Lipinski definition) is 7. The topological polar surface area (TPSA) is 158 Å². The molecular formula is C31H29FN8O3S. The number of sulfonamides is 1. The monoisotopic (exact) mass is 612 g/mol. The Morgan fingerprint density at radius 1 is 1.02 bits per heavy atom. The SMILES string of the molecule is CC(C)CC(=O)Nc1cncc(-c2cnc3[nH]nc(-c4nc5c(-c6cc(F)cc(CNS(C)(=O)=O)c6)cccc5[nH]4)c3c2)c1. The van der Waals surface area contributed by atoms with Crippen molar-refractivity contribution in [2.24, 2.45) is 5.92 Å². The lowest BCUT2D eigenvalue weighted by atomic mass is 10.0. The normalized spacial score (nSPS) is 11.9. The second-order valence-electron chi connectivity index (χ2n) is 11.0. The Morgan fingerprint density at radius 2 is 1.84 bits per heavy atom. The Morgan fingerprint density at radius 3 is 2.64 bits per heavy atom. The van der Waals surface area contributed by atoms with E-state index in [0.717, 1.165) is 22.8 Å². The Hall–Kier alpha value is -5.01. The minimum Gasteiger partial charge on any atom is -0.337 e. The number of halogens is 1. The van der Waals surface area contributed by atoms with Crippen LogP contribution in [-0.4, -0.2) is 50.7 Å². The van der Waals surface area contributed by atoms with Gasteiger partial charge >= 0.3 is 0 Å². The van der Waals surface area contributed by atoms with Gasteiger partial charge in [0.05, 0.1) is 34.6 Å². The molecule has 0 atom stereocenters. The van der Waals surface area contributed by atoms with Gasteiger partial charge in [-0.1, -0.05) is 26.0 Å². The fraction of sp³-hybridized carbons (Fsp3) is 0.194. The van der Waals surface area contributed by atoms with Crippen molar-refractivity contribution in [3.63, 3.8) is 0 Å². The van der Waals surface area contributed by atoms with E-state index in [4.69, 9.17) is 4.98 Å². The summed E-state index contributed by atoms with van der Waals surface area (Å²) in [6.07, 6.45) is 6.48. The molecule has 4 aromatic heterocycles. The number of benzene rings is 2. The fourth-order valence-electron chi connectivity index (χ4n) is 4.99. The van der Waals surface area contributed by atoms with Gasteiger partial charge in [-0.25, -0.2) is 27.5 Å². The quantitative estimate of drug-likeness (QED) is 0.170. The number of nitrogens with zero attached hydrogens (tertiary/aromatic N) is 4. The highest BCUT2D eigenvalue weighted by Crippen LogP contribution is 2.33. The van der Waals surface area contributed by atoms with Gasteiger partial charge in [0.2, 0.25) is 15.9 Å². The van der Waals surface area contributed by atoms with Crippen LogP contribution in [0.5, 0.6) is 0 Å². The number of H-pyrrole nitrogens is 2. The van der Waals surface area contributed by atoms with Crippen LogP contribution >= 0.6 is 0 Å². The maximum Gasteiger partial charge on any atom is 0.224 e. The second kappa shape index (κ2) is 11.6. The van der Waals surface area contributed by atoms with Crippen molar-refractivity contribution in [3.8, 4) is 33.8 Å². The molecule has 2 aromatic carbocycles. The van der Waals surface area contributed by atoms with Gasteiger partial charge in [-0.3, -0.25) is 14.9 Å². The van der Waals surface area contributed by atoms with Crippen LogP contribution in [0.15, 0.2) is 67.1 Å². The zero-order chi connectivity index (χ0) is 31.0. The largest absolute Gasteiger partial charge is 0.337 e. The Bertz CT molecular complexity index is 2140. The summed E-state index contributed by atoms with van der Waals surface area (Å²) in [5.74, 6) is 0.160. The first-order valence-electron chi connectivity index (χ1n) is 13.9. The van der Waals surface area contributed by atoms with Crippen molar-refractivity contribution in [3.05, 3.63) is 78.5 Å². The van der Waals surface area contributed by atoms with E-state index in [1.54, 1.807) is 24.7 Å². The van der Waals surface area contributed by atoms with Crippen molar-refractivity contribution in [2.75, 3.05) is 11.6 Å². The minimum atomic E-state index is -3.44. The summed E-state index contributed by atoms with van der Waals surface area (Å²) in [5, 5.41) is 11.0. The summed E-state index contributed by atoms with van der Waals surface area (Å²) >= 11 is 0. The molecule has 0 fully saturated rings. The van der Waals surface area contributed by atoms with Crippen LogP contribution in [0, 0.1) is 11.7 Å². The van der Waals surface area contributed by atoms with E-state index in [0.29, 0.717) is 57.0 Å². The number of imidazole rings is 1. The van der Waals surface area contributed by atoms with E-state index in [9.17, 15) is 17.6 Å². The lowest BCUT2D eigenvalue weighted by Gasteiger charge is -2.08. The van der Waals surface area contributed by atoms with Crippen LogP contribution in [0.25, 0.3) is 55.8 Å². The molecule has 0 aliphatic rings. The molecular weight excluding hydrogens is 583 g/mol. The van der Waals surface area contributed by atoms with Gasteiger partial charge in [-0.15, -0.1) is 0 Å². The number of aromatic amines is 2. The molecule has 0 bridgehead atoms. The lowest BCUT2D eigenvalue weighted by molar-refractivity contribution is -0.116. The summed E-state index contributed by atoms with van der Waals surface area (Å²) in [7, 11) is -3.44. The lowest BCUT2D eigenvalue weighted by Crippen LogP contribution is -2.21. The molecule has 4 N–H and O–H groups in total. The summed E-state index contributed by atoms with van der Waals surface area (Å²) < 4.78 is 40.1. The molecule has 0 aliphatic heterocycles. The van der Waals surface area contributed by atoms with Crippen LogP contribution in [0.1, 0.15) is 25.8 Å². The maximum atomic E-state index is 14.6. The fourth-order valence-corrected chi connectivity index (χ4v) is 5.42. The summed E-state index contributed by atoms with van der Waals surface area (Å²) in [4.78, 5) is 29.3. The summed E-state index contributed by atoms with van der Waals surface area (Å²) in [5.41, 5.74) is 6.28. The third-order valence-electron chi connectivity index (χ3n) is 6.91. The molecule has 6 aromatic rings. The predicted octanol–water partition coefficient (Wildman–Crippen LogP) is 5.40. The molecule has 0 aliphatic carbocycles. The van der Waals surface area contributed by atoms with Crippen molar-refractivity contribution < 1.29 is 17.6 Å². The Labute approximate surface area is 252 Å². The molecule has 13 heteroatoms. The number of anilines is 1. The maximum absolute atomic E-state index is 14.6. The van der Waals surface area contributed by atoms with Gasteiger partial charge in [0.1, 0.15) is 11.5 Å². The number of para-hydroxylation sites is 1. The Kier molecular flexibility index (Phi) is 7.66. The van der Waals surface area contributed by atoms with Gasteiger partial charge in [-0.2, -0.15) is 5.10 Å². The van der Waals surface area contributed by atoms with Gasteiger partial charge < -0.3 is 10.3 Å². The number of aromatic nitrogens is 6. The van der Waals surface area contributed by atoms with Gasteiger partial charge in [0.15, 0.2) is 11.5 Å². The minimum absolute atomic E-state index is 0.0390. The number of fused-ring (bicyclic) bond motifs is 2. The highest BCUT2D eigenvalue weighted by molar-refractivity contribution is 7.88. The standard InChI is InChI=1S/C31H29FN8O3S/c1-17(2)7-27(41)36-23-11-20(14-33-16-23)21-12-25-29(39-40-30(25)34-15-21)31-37-26-6-4-5-24(28(26)38-31)19-8-18(9-22(32)10-19)13-35-44(3,42)43/h4-6,8-12,14-17,35H,7,13H2,1-3H3,(H,36,41)(H,37,38)(H,34,39,40). The third kappa shape index (κ3) is 6.33. The number of rotatable bonds is 9. The van der Waals surface area contributed by atoms with E-state index in [1.807, 2.05) is 44.2 Å². The predicted molar refractivity (Wildman–Crippen MR) is 167 cm³/mol. The number of pyridine rings is 2. The first kappa shape index (κ1) is 29.1. The average Bonchev–Trinajstić information content (AvgIpc) is 3.59. The number of amides is 1. The van der Waals surface area contributed by atoms with Crippen LogP contribution < -0.4 is 10.0 Å². The molecule has 0 saturated heterocycles. The number of hydrogen-bond donors (Lipinski definition) is 4. The molecule has 44 heavy (non-hydrogen) atoms. The van der Waals surface area contributed by atoms with E-state index in [-0.39, 0.29) is 18.4 Å². The van der Waals surface area contributed by atoms with Crippen molar-refractivity contribution in [2.45, 2.75) is 26.8 Å². The second-order valence-corrected chi connectivity index (χ2v) is 12.9. The van der Waals surface area contributed by atoms with Crippen LogP contribution in [0.2, 0.25) is 0 Å². The highest BCUT2D eigenvalue weighted by atomic mass is 32.2. The molecule has 0 radical (unpaired) electrons. The number of carbonyl (C=O) groups is 1. The van der Waals surface area contributed by atoms with Crippen LogP contribution in [-0.2, 0) is 21.4 Å². The Balaban J connectivity index is 1.36. The molecule has 6 rings (SSSR count). The molecule has 0 spiro atoms. The zero-order valence-corrected chi connectivity index (χ0v) is 25.0. The first-order valence-corrected chi connectivity index (χ1v) is 15.7. The highest BCUT2D eigenvalue weighted by Gasteiger charge is 2.17. The molecule has 224 valence electrons. The van der Waals surface area contributed by atoms with Crippen LogP contribution in [0.4, 0.5) is 10.1 Å². The first-order chi connectivity index (χ1) is 21.0. The van der Waals surface area contributed by atoms with Gasteiger partial charge in [-0.05, 0) is 53.4 Å². The van der Waals surface area contributed by atoms with Gasteiger partial charge in [0, 0.05) is 42.0 Å². The zero-order valence-electron chi connectivity index (χ0n) is 24.1. The molecule has 1 amide bonds. The van der Waals surface area contributed by atoms with E-state index >= 15 is 0 Å². The molecule has 4 heterocycles.